The highest BCUT2D eigenvalue weighted by Crippen LogP contribution is 2.25. The van der Waals surface area contributed by atoms with Crippen LogP contribution in [0.15, 0.2) is 47.4 Å². The molecule has 7 nitrogen and oxygen atoms in total. The third-order valence-electron chi connectivity index (χ3n) is 5.66. The van der Waals surface area contributed by atoms with Crippen molar-refractivity contribution >= 4 is 27.5 Å². The van der Waals surface area contributed by atoms with Crippen molar-refractivity contribution in [3.63, 3.8) is 0 Å². The monoisotopic (exact) mass is 493 g/mol. The lowest BCUT2D eigenvalue weighted by atomic mass is 9.87. The topological polar surface area (TPSA) is 79.0 Å². The van der Waals surface area contributed by atoms with Gasteiger partial charge in [0.2, 0.25) is 10.0 Å². The Balaban J connectivity index is 1.59. The van der Waals surface area contributed by atoms with Gasteiger partial charge in [0.15, 0.2) is 0 Å². The second-order valence-corrected chi connectivity index (χ2v) is 11.6. The number of carbonyl (C=O) groups excluding carboxylic acids is 1. The van der Waals surface area contributed by atoms with Gasteiger partial charge >= 0.3 is 0 Å². The normalized spacial score (nSPS) is 15.9. The molecule has 1 saturated heterocycles. The van der Waals surface area contributed by atoms with Gasteiger partial charge in [-0.25, -0.2) is 8.42 Å². The zero-order valence-corrected chi connectivity index (χ0v) is 21.2. The van der Waals surface area contributed by atoms with E-state index in [1.165, 1.54) is 28.1 Å². The minimum atomic E-state index is -3.69. The Bertz CT molecular complexity index is 1070. The maximum Gasteiger partial charge on any atom is 0.252 e. The second kappa shape index (κ2) is 10.4. The standard InChI is InChI=1S/C24H32ClN3O4S/c1-24(2,3)18-5-7-19(8-6-18)32-16-11-26-23(29)21-17-20(9-10-22(21)25)33(30,31)28-14-12-27(4)13-15-28/h5-10,17H,11-16H2,1-4H3,(H,26,29). The Labute approximate surface area is 201 Å². The lowest BCUT2D eigenvalue weighted by Crippen LogP contribution is -2.47. The Morgan fingerprint density at radius 3 is 2.30 bits per heavy atom. The van der Waals surface area contributed by atoms with Crippen molar-refractivity contribution in [3.8, 4) is 5.75 Å². The number of ether oxygens (including phenoxy) is 1. The molecule has 1 amide bonds. The molecule has 1 heterocycles. The number of nitrogens with zero attached hydrogens (tertiary/aromatic N) is 2. The molecule has 0 bridgehead atoms. The summed E-state index contributed by atoms with van der Waals surface area (Å²) in [6.45, 7) is 9.13. The van der Waals surface area contributed by atoms with E-state index in [1.807, 2.05) is 31.3 Å². The number of halogens is 1. The summed E-state index contributed by atoms with van der Waals surface area (Å²) >= 11 is 6.20. The summed E-state index contributed by atoms with van der Waals surface area (Å²) in [6, 6.07) is 12.1. The molecule has 180 valence electrons. The van der Waals surface area contributed by atoms with Crippen molar-refractivity contribution in [3.05, 3.63) is 58.6 Å². The number of piperazine rings is 1. The first kappa shape index (κ1) is 25.5. The summed E-state index contributed by atoms with van der Waals surface area (Å²) in [4.78, 5) is 14.8. The molecule has 3 rings (SSSR count). The number of hydrogen-bond donors (Lipinski definition) is 1. The van der Waals surface area contributed by atoms with Crippen LogP contribution in [0.1, 0.15) is 36.7 Å². The number of likely N-dealkylation sites (N-methyl/N-ethyl adjacent to an activating group) is 1. The first-order valence-electron chi connectivity index (χ1n) is 11.0. The fourth-order valence-corrected chi connectivity index (χ4v) is 5.15. The van der Waals surface area contributed by atoms with Crippen molar-refractivity contribution in [2.24, 2.45) is 0 Å². The average Bonchev–Trinajstić information content (AvgIpc) is 2.76. The van der Waals surface area contributed by atoms with Gasteiger partial charge in [-0.1, -0.05) is 44.5 Å². The molecule has 0 saturated carbocycles. The van der Waals surface area contributed by atoms with Crippen molar-refractivity contribution in [1.29, 1.82) is 0 Å². The third kappa shape index (κ3) is 6.47. The number of rotatable bonds is 7. The highest BCUT2D eigenvalue weighted by molar-refractivity contribution is 7.89. The summed E-state index contributed by atoms with van der Waals surface area (Å²) in [5.41, 5.74) is 1.41. The smallest absolute Gasteiger partial charge is 0.252 e. The molecule has 0 radical (unpaired) electrons. The Hall–Kier alpha value is -2.13. The number of benzene rings is 2. The number of hydrogen-bond acceptors (Lipinski definition) is 5. The first-order chi connectivity index (χ1) is 15.5. The van der Waals surface area contributed by atoms with Crippen molar-refractivity contribution in [1.82, 2.24) is 14.5 Å². The minimum absolute atomic E-state index is 0.0665. The summed E-state index contributed by atoms with van der Waals surface area (Å²) in [5.74, 6) is 0.276. The molecule has 0 aromatic heterocycles. The van der Waals surface area contributed by atoms with Crippen LogP contribution < -0.4 is 10.1 Å². The highest BCUT2D eigenvalue weighted by Gasteiger charge is 2.28. The molecule has 1 N–H and O–H groups in total. The largest absolute Gasteiger partial charge is 0.492 e. The lowest BCUT2D eigenvalue weighted by Gasteiger charge is -2.31. The van der Waals surface area contributed by atoms with E-state index in [2.05, 4.69) is 31.0 Å². The second-order valence-electron chi connectivity index (χ2n) is 9.23. The van der Waals surface area contributed by atoms with Gasteiger partial charge in [-0.15, -0.1) is 0 Å². The highest BCUT2D eigenvalue weighted by atomic mass is 35.5. The van der Waals surface area contributed by atoms with Crippen molar-refractivity contribution < 1.29 is 17.9 Å². The van der Waals surface area contributed by atoms with E-state index in [9.17, 15) is 13.2 Å². The Morgan fingerprint density at radius 1 is 1.06 bits per heavy atom. The van der Waals surface area contributed by atoms with Crippen LogP contribution in [0.25, 0.3) is 0 Å². The molecule has 1 aliphatic heterocycles. The van der Waals surface area contributed by atoms with E-state index < -0.39 is 15.9 Å². The van der Waals surface area contributed by atoms with Crippen LogP contribution in [0, 0.1) is 0 Å². The molecule has 1 aliphatic rings. The van der Waals surface area contributed by atoms with Crippen LogP contribution in [0.4, 0.5) is 0 Å². The number of sulfonamides is 1. The third-order valence-corrected chi connectivity index (χ3v) is 7.88. The van der Waals surface area contributed by atoms with Gasteiger partial charge in [-0.2, -0.15) is 4.31 Å². The quantitative estimate of drug-likeness (QED) is 0.598. The van der Waals surface area contributed by atoms with Crippen molar-refractivity contribution in [2.75, 3.05) is 46.4 Å². The van der Waals surface area contributed by atoms with Gasteiger partial charge in [-0.05, 0) is 48.4 Å². The van der Waals surface area contributed by atoms with Gasteiger partial charge < -0.3 is 15.0 Å². The van der Waals surface area contributed by atoms with Crippen LogP contribution in [0.3, 0.4) is 0 Å². The zero-order chi connectivity index (χ0) is 24.2. The predicted octanol–water partition coefficient (Wildman–Crippen LogP) is 3.38. The molecule has 2 aromatic carbocycles. The molecule has 33 heavy (non-hydrogen) atoms. The van der Waals surface area contributed by atoms with Gasteiger partial charge in [0, 0.05) is 26.2 Å². The number of amides is 1. The zero-order valence-electron chi connectivity index (χ0n) is 19.6. The predicted molar refractivity (Wildman–Crippen MR) is 131 cm³/mol. The maximum atomic E-state index is 13.0. The number of carbonyl (C=O) groups is 1. The summed E-state index contributed by atoms with van der Waals surface area (Å²) in [7, 11) is -1.73. The van der Waals surface area contributed by atoms with Gasteiger partial charge in [0.25, 0.3) is 5.91 Å². The molecular formula is C24H32ClN3O4S. The van der Waals surface area contributed by atoms with E-state index in [0.717, 1.165) is 5.75 Å². The van der Waals surface area contributed by atoms with E-state index in [0.29, 0.717) is 26.2 Å². The lowest BCUT2D eigenvalue weighted by molar-refractivity contribution is 0.0947. The summed E-state index contributed by atoms with van der Waals surface area (Å²) in [6.07, 6.45) is 0. The molecule has 0 spiro atoms. The number of nitrogens with one attached hydrogen (secondary N) is 1. The molecule has 0 aliphatic carbocycles. The maximum absolute atomic E-state index is 13.0. The fraction of sp³-hybridized carbons (Fsp3) is 0.458. The van der Waals surface area contributed by atoms with Gasteiger partial charge in [0.1, 0.15) is 12.4 Å². The SMILES string of the molecule is CN1CCN(S(=O)(=O)c2ccc(Cl)c(C(=O)NCCOc3ccc(C(C)(C)C)cc3)c2)CC1. The van der Waals surface area contributed by atoms with E-state index in [1.54, 1.807) is 0 Å². The van der Waals surface area contributed by atoms with Crippen LogP contribution >= 0.6 is 11.6 Å². The molecule has 0 unspecified atom stereocenters. The molecular weight excluding hydrogens is 462 g/mol. The van der Waals surface area contributed by atoms with Crippen molar-refractivity contribution in [2.45, 2.75) is 31.1 Å². The molecule has 9 heteroatoms. The van der Waals surface area contributed by atoms with Crippen LogP contribution in [-0.2, 0) is 15.4 Å². The van der Waals surface area contributed by atoms with Crippen LogP contribution in [0.5, 0.6) is 5.75 Å². The molecule has 0 atom stereocenters. The summed E-state index contributed by atoms with van der Waals surface area (Å²) in [5, 5.41) is 2.94. The Morgan fingerprint density at radius 2 is 1.70 bits per heavy atom. The average molecular weight is 494 g/mol. The van der Waals surface area contributed by atoms with Gasteiger partial charge in [0.05, 0.1) is 22.0 Å². The molecule has 1 fully saturated rings. The minimum Gasteiger partial charge on any atom is -0.492 e. The Kier molecular flexibility index (Phi) is 8.05. The molecule has 2 aromatic rings. The van der Waals surface area contributed by atoms with E-state index >= 15 is 0 Å². The fourth-order valence-electron chi connectivity index (χ4n) is 3.50. The first-order valence-corrected chi connectivity index (χ1v) is 12.8. The van der Waals surface area contributed by atoms with Crippen LogP contribution in [-0.4, -0.2) is 69.9 Å². The van der Waals surface area contributed by atoms with E-state index in [-0.39, 0.29) is 34.0 Å². The van der Waals surface area contributed by atoms with E-state index in [4.69, 9.17) is 16.3 Å². The van der Waals surface area contributed by atoms with Gasteiger partial charge in [-0.3, -0.25) is 4.79 Å². The summed E-state index contributed by atoms with van der Waals surface area (Å²) < 4.78 is 33.1. The van der Waals surface area contributed by atoms with Crippen LogP contribution in [0.2, 0.25) is 5.02 Å².